The molecule has 0 spiro atoms. The Kier molecular flexibility index (Phi) is 6.35. The molecule has 3 rings (SSSR count). The van der Waals surface area contributed by atoms with Crippen molar-refractivity contribution in [3.05, 3.63) is 47.0 Å². The van der Waals surface area contributed by atoms with Crippen LogP contribution < -0.4 is 5.32 Å². The standard InChI is InChI=1S/C23H32N4O/c1-16-6-9-19(14-17(16)2)21-11-10-20(22(25-21)24-15-18-7-8-18)23(28)27(5)13-12-26(3)4/h6,9-11,14,18H,7-8,12-13,15H2,1-5H3,(H,24,25). The maximum atomic E-state index is 13.0. The number of likely N-dealkylation sites (N-methyl/N-ethyl adjacent to an activating group) is 2. The molecule has 0 aliphatic heterocycles. The summed E-state index contributed by atoms with van der Waals surface area (Å²) in [4.78, 5) is 21.7. The van der Waals surface area contributed by atoms with Crippen LogP contribution in [0.15, 0.2) is 30.3 Å². The first-order valence-electron chi connectivity index (χ1n) is 10.1. The van der Waals surface area contributed by atoms with E-state index in [2.05, 4.69) is 42.3 Å². The number of pyridine rings is 1. The average molecular weight is 381 g/mol. The lowest BCUT2D eigenvalue weighted by atomic mass is 10.0. The van der Waals surface area contributed by atoms with Crippen molar-refractivity contribution in [2.24, 2.45) is 5.92 Å². The molecule has 1 fully saturated rings. The third-order valence-corrected chi connectivity index (χ3v) is 5.41. The van der Waals surface area contributed by atoms with E-state index in [1.165, 1.54) is 24.0 Å². The van der Waals surface area contributed by atoms with Gasteiger partial charge < -0.3 is 15.1 Å². The first kappa shape index (κ1) is 20.3. The van der Waals surface area contributed by atoms with Crippen LogP contribution in [0, 0.1) is 19.8 Å². The number of nitrogens with one attached hydrogen (secondary N) is 1. The lowest BCUT2D eigenvalue weighted by Gasteiger charge is -2.21. The maximum absolute atomic E-state index is 13.0. The summed E-state index contributed by atoms with van der Waals surface area (Å²) in [5, 5.41) is 3.44. The molecule has 1 amide bonds. The van der Waals surface area contributed by atoms with Gasteiger partial charge in [0.05, 0.1) is 11.3 Å². The van der Waals surface area contributed by atoms with Gasteiger partial charge in [-0.25, -0.2) is 4.98 Å². The van der Waals surface area contributed by atoms with E-state index in [9.17, 15) is 4.79 Å². The van der Waals surface area contributed by atoms with E-state index in [4.69, 9.17) is 4.98 Å². The van der Waals surface area contributed by atoms with Crippen molar-refractivity contribution in [2.75, 3.05) is 46.1 Å². The second-order valence-electron chi connectivity index (χ2n) is 8.25. The normalized spacial score (nSPS) is 13.6. The molecule has 1 heterocycles. The van der Waals surface area contributed by atoms with Crippen LogP contribution in [-0.4, -0.2) is 61.5 Å². The highest BCUT2D eigenvalue weighted by Gasteiger charge is 2.23. The average Bonchev–Trinajstić information content (AvgIpc) is 3.50. The largest absolute Gasteiger partial charge is 0.369 e. The smallest absolute Gasteiger partial charge is 0.257 e. The first-order chi connectivity index (χ1) is 13.3. The SMILES string of the molecule is Cc1ccc(-c2ccc(C(=O)N(C)CCN(C)C)c(NCC3CC3)n2)cc1C. The van der Waals surface area contributed by atoms with E-state index in [0.717, 1.165) is 24.3 Å². The molecule has 0 atom stereocenters. The van der Waals surface area contributed by atoms with Crippen molar-refractivity contribution >= 4 is 11.7 Å². The maximum Gasteiger partial charge on any atom is 0.257 e. The second-order valence-corrected chi connectivity index (χ2v) is 8.25. The molecular formula is C23H32N4O. The predicted octanol–water partition coefficient (Wildman–Crippen LogP) is 3.82. The van der Waals surface area contributed by atoms with E-state index in [-0.39, 0.29) is 5.91 Å². The Bertz CT molecular complexity index is 842. The van der Waals surface area contributed by atoms with E-state index in [0.29, 0.717) is 23.8 Å². The van der Waals surface area contributed by atoms with E-state index >= 15 is 0 Å². The fourth-order valence-electron chi connectivity index (χ4n) is 3.05. The van der Waals surface area contributed by atoms with E-state index in [1.54, 1.807) is 4.90 Å². The fraction of sp³-hybridized carbons (Fsp3) is 0.478. The fourth-order valence-corrected chi connectivity index (χ4v) is 3.05. The molecule has 0 bridgehead atoms. The summed E-state index contributed by atoms with van der Waals surface area (Å²) >= 11 is 0. The van der Waals surface area contributed by atoms with Crippen molar-refractivity contribution in [1.82, 2.24) is 14.8 Å². The van der Waals surface area contributed by atoms with Gasteiger partial charge in [-0.05, 0) is 76.0 Å². The third-order valence-electron chi connectivity index (χ3n) is 5.41. The van der Waals surface area contributed by atoms with Gasteiger partial charge in [0.25, 0.3) is 5.91 Å². The van der Waals surface area contributed by atoms with Crippen molar-refractivity contribution < 1.29 is 4.79 Å². The highest BCUT2D eigenvalue weighted by atomic mass is 16.2. The number of carbonyl (C=O) groups is 1. The van der Waals surface area contributed by atoms with Gasteiger partial charge in [-0.2, -0.15) is 0 Å². The molecule has 1 N–H and O–H groups in total. The summed E-state index contributed by atoms with van der Waals surface area (Å²) in [5.74, 6) is 1.42. The molecule has 1 saturated carbocycles. The summed E-state index contributed by atoms with van der Waals surface area (Å²) in [6.07, 6.45) is 2.52. The minimum atomic E-state index is 0.0132. The van der Waals surface area contributed by atoms with Crippen LogP contribution in [0.1, 0.15) is 34.3 Å². The van der Waals surface area contributed by atoms with Gasteiger partial charge in [-0.3, -0.25) is 4.79 Å². The lowest BCUT2D eigenvalue weighted by Crippen LogP contribution is -2.34. The number of amides is 1. The zero-order valence-corrected chi connectivity index (χ0v) is 17.7. The van der Waals surface area contributed by atoms with Crippen LogP contribution in [-0.2, 0) is 0 Å². The molecule has 0 saturated heterocycles. The summed E-state index contributed by atoms with van der Waals surface area (Å²) < 4.78 is 0. The molecule has 28 heavy (non-hydrogen) atoms. The number of rotatable bonds is 8. The number of carbonyl (C=O) groups excluding carboxylic acids is 1. The summed E-state index contributed by atoms with van der Waals surface area (Å²) in [6.45, 7) is 6.63. The molecule has 1 aromatic heterocycles. The number of nitrogens with zero attached hydrogens (tertiary/aromatic N) is 3. The molecular weight excluding hydrogens is 348 g/mol. The van der Waals surface area contributed by atoms with Gasteiger partial charge in [0.2, 0.25) is 0 Å². The number of hydrogen-bond acceptors (Lipinski definition) is 4. The van der Waals surface area contributed by atoms with Gasteiger partial charge in [0, 0.05) is 32.2 Å². The summed E-state index contributed by atoms with van der Waals surface area (Å²) in [6, 6.07) is 10.3. The topological polar surface area (TPSA) is 48.5 Å². The lowest BCUT2D eigenvalue weighted by molar-refractivity contribution is 0.0787. The Morgan fingerprint density at radius 3 is 2.46 bits per heavy atom. The van der Waals surface area contributed by atoms with Gasteiger partial charge in [0.15, 0.2) is 0 Å². The number of anilines is 1. The Morgan fingerprint density at radius 2 is 1.82 bits per heavy atom. The molecule has 5 nitrogen and oxygen atoms in total. The number of hydrogen-bond donors (Lipinski definition) is 1. The molecule has 0 unspecified atom stereocenters. The van der Waals surface area contributed by atoms with E-state index in [1.807, 2.05) is 33.3 Å². The summed E-state index contributed by atoms with van der Waals surface area (Å²) in [5.41, 5.74) is 5.14. The van der Waals surface area contributed by atoms with Crippen molar-refractivity contribution in [3.63, 3.8) is 0 Å². The minimum Gasteiger partial charge on any atom is -0.369 e. The van der Waals surface area contributed by atoms with Crippen LogP contribution in [0.3, 0.4) is 0 Å². The zero-order chi connectivity index (χ0) is 20.3. The Hall–Kier alpha value is -2.40. The number of aryl methyl sites for hydroxylation is 2. The molecule has 0 radical (unpaired) electrons. The highest BCUT2D eigenvalue weighted by Crippen LogP contribution is 2.30. The Labute approximate surface area is 168 Å². The second kappa shape index (κ2) is 8.74. The monoisotopic (exact) mass is 380 g/mol. The molecule has 5 heteroatoms. The van der Waals surface area contributed by atoms with Crippen molar-refractivity contribution in [2.45, 2.75) is 26.7 Å². The zero-order valence-electron chi connectivity index (χ0n) is 17.7. The predicted molar refractivity (Wildman–Crippen MR) is 116 cm³/mol. The van der Waals surface area contributed by atoms with Gasteiger partial charge in [-0.1, -0.05) is 12.1 Å². The van der Waals surface area contributed by atoms with Crippen molar-refractivity contribution in [3.8, 4) is 11.3 Å². The van der Waals surface area contributed by atoms with Gasteiger partial charge in [0.1, 0.15) is 5.82 Å². The quantitative estimate of drug-likeness (QED) is 0.756. The highest BCUT2D eigenvalue weighted by molar-refractivity contribution is 5.99. The van der Waals surface area contributed by atoms with Crippen molar-refractivity contribution in [1.29, 1.82) is 0 Å². The molecule has 150 valence electrons. The van der Waals surface area contributed by atoms with Gasteiger partial charge in [-0.15, -0.1) is 0 Å². The summed E-state index contributed by atoms with van der Waals surface area (Å²) in [7, 11) is 5.88. The van der Waals surface area contributed by atoms with Crippen LogP contribution in [0.25, 0.3) is 11.3 Å². The van der Waals surface area contributed by atoms with Crippen LogP contribution >= 0.6 is 0 Å². The van der Waals surface area contributed by atoms with Gasteiger partial charge >= 0.3 is 0 Å². The number of aromatic nitrogens is 1. The Balaban J connectivity index is 1.87. The third kappa shape index (κ3) is 5.10. The molecule has 2 aromatic rings. The molecule has 1 aliphatic carbocycles. The Morgan fingerprint density at radius 1 is 1.07 bits per heavy atom. The van der Waals surface area contributed by atoms with Crippen LogP contribution in [0.2, 0.25) is 0 Å². The minimum absolute atomic E-state index is 0.0132. The number of benzene rings is 1. The van der Waals surface area contributed by atoms with Crippen LogP contribution in [0.4, 0.5) is 5.82 Å². The first-order valence-corrected chi connectivity index (χ1v) is 10.1. The molecule has 1 aromatic carbocycles. The van der Waals surface area contributed by atoms with Crippen LogP contribution in [0.5, 0.6) is 0 Å². The molecule has 1 aliphatic rings. The van der Waals surface area contributed by atoms with E-state index < -0.39 is 0 Å².